The highest BCUT2D eigenvalue weighted by Crippen LogP contribution is 2.23. The van der Waals surface area contributed by atoms with Crippen LogP contribution in [0.4, 0.5) is 0 Å². The predicted octanol–water partition coefficient (Wildman–Crippen LogP) is 2.11. The van der Waals surface area contributed by atoms with Gasteiger partial charge >= 0.3 is 0 Å². The number of nitrogens with zero attached hydrogens (tertiary/aromatic N) is 2. The number of hydrogen-bond acceptors (Lipinski definition) is 3. The van der Waals surface area contributed by atoms with E-state index in [0.29, 0.717) is 6.61 Å². The highest BCUT2D eigenvalue weighted by atomic mass is 79.9. The van der Waals surface area contributed by atoms with E-state index in [1.54, 1.807) is 0 Å². The van der Waals surface area contributed by atoms with Gasteiger partial charge in [-0.3, -0.25) is 4.68 Å². The lowest BCUT2D eigenvalue weighted by atomic mass is 10.4. The SMILES string of the molecule is Cc1nn(C[C@@H]2COC(C)(C)O2)cc1Br. The van der Waals surface area contributed by atoms with E-state index in [4.69, 9.17) is 9.47 Å². The fraction of sp³-hybridized carbons (Fsp3) is 0.700. The average molecular weight is 275 g/mol. The molecule has 4 nitrogen and oxygen atoms in total. The van der Waals surface area contributed by atoms with Crippen molar-refractivity contribution in [1.29, 1.82) is 0 Å². The van der Waals surface area contributed by atoms with Gasteiger partial charge in [0.2, 0.25) is 0 Å². The second-order valence-corrected chi connectivity index (χ2v) is 5.09. The molecule has 1 aromatic rings. The van der Waals surface area contributed by atoms with Crippen LogP contribution in [0.25, 0.3) is 0 Å². The minimum Gasteiger partial charge on any atom is -0.348 e. The molecule has 15 heavy (non-hydrogen) atoms. The lowest BCUT2D eigenvalue weighted by Crippen LogP contribution is -2.24. The van der Waals surface area contributed by atoms with Gasteiger partial charge in [0, 0.05) is 6.20 Å². The van der Waals surface area contributed by atoms with Gasteiger partial charge in [0.15, 0.2) is 5.79 Å². The molecule has 0 amide bonds. The van der Waals surface area contributed by atoms with Gasteiger partial charge < -0.3 is 9.47 Å². The zero-order chi connectivity index (χ0) is 11.1. The third-order valence-corrected chi connectivity index (χ3v) is 3.12. The van der Waals surface area contributed by atoms with Crippen molar-refractivity contribution in [2.45, 2.75) is 39.2 Å². The average Bonchev–Trinajstić information content (AvgIpc) is 2.58. The quantitative estimate of drug-likeness (QED) is 0.829. The van der Waals surface area contributed by atoms with Crippen molar-refractivity contribution in [3.05, 3.63) is 16.4 Å². The van der Waals surface area contributed by atoms with Gasteiger partial charge in [-0.25, -0.2) is 0 Å². The zero-order valence-corrected chi connectivity index (χ0v) is 10.7. The Labute approximate surface area is 97.7 Å². The third kappa shape index (κ3) is 2.59. The van der Waals surface area contributed by atoms with E-state index in [1.807, 2.05) is 31.6 Å². The van der Waals surface area contributed by atoms with Crippen molar-refractivity contribution in [2.24, 2.45) is 0 Å². The summed E-state index contributed by atoms with van der Waals surface area (Å²) in [5.74, 6) is -0.454. The predicted molar refractivity (Wildman–Crippen MR) is 59.6 cm³/mol. The van der Waals surface area contributed by atoms with Crippen LogP contribution in [0.2, 0.25) is 0 Å². The first-order valence-corrected chi connectivity index (χ1v) is 5.77. The number of halogens is 1. The van der Waals surface area contributed by atoms with Crippen LogP contribution >= 0.6 is 15.9 Å². The van der Waals surface area contributed by atoms with E-state index in [0.717, 1.165) is 16.7 Å². The van der Waals surface area contributed by atoms with Crippen molar-refractivity contribution in [3.63, 3.8) is 0 Å². The molecule has 1 aliphatic heterocycles. The van der Waals surface area contributed by atoms with Crippen LogP contribution in [0.5, 0.6) is 0 Å². The summed E-state index contributed by atoms with van der Waals surface area (Å²) in [6, 6.07) is 0. The smallest absolute Gasteiger partial charge is 0.163 e. The van der Waals surface area contributed by atoms with E-state index in [1.165, 1.54) is 0 Å². The number of ether oxygens (including phenoxy) is 2. The van der Waals surface area contributed by atoms with Gasteiger partial charge in [-0.2, -0.15) is 5.10 Å². The fourth-order valence-corrected chi connectivity index (χ4v) is 1.96. The summed E-state index contributed by atoms with van der Waals surface area (Å²) >= 11 is 3.43. The first-order chi connectivity index (χ1) is 6.96. The Kier molecular flexibility index (Phi) is 2.87. The highest BCUT2D eigenvalue weighted by molar-refractivity contribution is 9.10. The lowest BCUT2D eigenvalue weighted by molar-refractivity contribution is -0.139. The topological polar surface area (TPSA) is 36.3 Å². The number of hydrogen-bond donors (Lipinski definition) is 0. The monoisotopic (exact) mass is 274 g/mol. The van der Waals surface area contributed by atoms with E-state index < -0.39 is 5.79 Å². The minimum atomic E-state index is -0.454. The molecule has 2 rings (SSSR count). The Morgan fingerprint density at radius 3 is 2.87 bits per heavy atom. The second kappa shape index (κ2) is 3.88. The van der Waals surface area contributed by atoms with Gasteiger partial charge in [0.25, 0.3) is 0 Å². The van der Waals surface area contributed by atoms with Crippen molar-refractivity contribution >= 4 is 15.9 Å². The highest BCUT2D eigenvalue weighted by Gasteiger charge is 2.32. The molecule has 0 unspecified atom stereocenters. The minimum absolute atomic E-state index is 0.0891. The summed E-state index contributed by atoms with van der Waals surface area (Å²) in [7, 11) is 0. The van der Waals surface area contributed by atoms with Crippen LogP contribution in [0.1, 0.15) is 19.5 Å². The van der Waals surface area contributed by atoms with Crippen molar-refractivity contribution < 1.29 is 9.47 Å². The molecule has 1 aromatic heterocycles. The van der Waals surface area contributed by atoms with Crippen LogP contribution in [0, 0.1) is 6.92 Å². The van der Waals surface area contributed by atoms with E-state index in [2.05, 4.69) is 21.0 Å². The number of aryl methyl sites for hydroxylation is 1. The number of aromatic nitrogens is 2. The molecule has 1 aliphatic rings. The first-order valence-electron chi connectivity index (χ1n) is 4.97. The molecule has 1 atom stereocenters. The zero-order valence-electron chi connectivity index (χ0n) is 9.16. The maximum absolute atomic E-state index is 5.70. The Balaban J connectivity index is 1.98. The molecule has 0 saturated carbocycles. The molecule has 5 heteroatoms. The molecule has 0 radical (unpaired) electrons. The van der Waals surface area contributed by atoms with Crippen molar-refractivity contribution in [3.8, 4) is 0 Å². The van der Waals surface area contributed by atoms with Gasteiger partial charge in [0.1, 0.15) is 6.10 Å². The van der Waals surface area contributed by atoms with Crippen molar-refractivity contribution in [1.82, 2.24) is 9.78 Å². The van der Waals surface area contributed by atoms with E-state index in [-0.39, 0.29) is 6.10 Å². The summed E-state index contributed by atoms with van der Waals surface area (Å²) in [6.45, 7) is 7.18. The van der Waals surface area contributed by atoms with Gasteiger partial charge in [-0.1, -0.05) is 0 Å². The summed E-state index contributed by atoms with van der Waals surface area (Å²) in [6.07, 6.45) is 2.05. The first kappa shape index (κ1) is 11.1. The summed E-state index contributed by atoms with van der Waals surface area (Å²) in [4.78, 5) is 0. The van der Waals surface area contributed by atoms with Crippen LogP contribution in [-0.4, -0.2) is 28.3 Å². The second-order valence-electron chi connectivity index (χ2n) is 4.24. The van der Waals surface area contributed by atoms with E-state index >= 15 is 0 Å². The van der Waals surface area contributed by atoms with Gasteiger partial charge in [0.05, 0.1) is 23.3 Å². The standard InChI is InChI=1S/C10H15BrN2O2/c1-7-9(11)5-13(12-7)4-8-6-14-10(2,3)15-8/h5,8H,4,6H2,1-3H3/t8-/m1/s1. The van der Waals surface area contributed by atoms with E-state index in [9.17, 15) is 0 Å². The molecular weight excluding hydrogens is 260 g/mol. The Hall–Kier alpha value is -0.390. The maximum atomic E-state index is 5.70. The molecule has 0 N–H and O–H groups in total. The normalized spacial score (nSPS) is 24.7. The number of rotatable bonds is 2. The van der Waals surface area contributed by atoms with Crippen LogP contribution in [0.3, 0.4) is 0 Å². The Bertz CT molecular complexity index is 343. The van der Waals surface area contributed by atoms with Gasteiger partial charge in [-0.05, 0) is 36.7 Å². The summed E-state index contributed by atoms with van der Waals surface area (Å²) in [5, 5.41) is 4.36. The van der Waals surface area contributed by atoms with Gasteiger partial charge in [-0.15, -0.1) is 0 Å². The molecule has 1 fully saturated rings. The lowest BCUT2D eigenvalue weighted by Gasteiger charge is -2.16. The Morgan fingerprint density at radius 2 is 2.40 bits per heavy atom. The summed E-state index contributed by atoms with van der Waals surface area (Å²) < 4.78 is 14.1. The largest absolute Gasteiger partial charge is 0.348 e. The van der Waals surface area contributed by atoms with Crippen LogP contribution in [-0.2, 0) is 16.0 Å². The molecule has 2 heterocycles. The molecular formula is C10H15BrN2O2. The summed E-state index contributed by atoms with van der Waals surface area (Å²) in [5.41, 5.74) is 0.994. The third-order valence-electron chi connectivity index (χ3n) is 2.34. The molecule has 1 saturated heterocycles. The van der Waals surface area contributed by atoms with Crippen molar-refractivity contribution in [2.75, 3.05) is 6.61 Å². The van der Waals surface area contributed by atoms with Crippen LogP contribution < -0.4 is 0 Å². The molecule has 0 bridgehead atoms. The maximum Gasteiger partial charge on any atom is 0.163 e. The fourth-order valence-electron chi connectivity index (χ4n) is 1.65. The Morgan fingerprint density at radius 1 is 1.67 bits per heavy atom. The molecule has 84 valence electrons. The molecule has 0 aliphatic carbocycles. The molecule has 0 aromatic carbocycles. The van der Waals surface area contributed by atoms with Crippen LogP contribution in [0.15, 0.2) is 10.7 Å². The molecule has 0 spiro atoms.